The Kier molecular flexibility index (Phi) is 5.59. The molecule has 1 aliphatic heterocycles. The number of hydrogen-bond acceptors (Lipinski definition) is 7. The van der Waals surface area contributed by atoms with Gasteiger partial charge in [0.2, 0.25) is 0 Å². The number of nitrogens with one attached hydrogen (secondary N) is 3. The third-order valence-electron chi connectivity index (χ3n) is 5.32. The second-order valence-corrected chi connectivity index (χ2v) is 7.88. The van der Waals surface area contributed by atoms with Gasteiger partial charge in [-0.3, -0.25) is 9.78 Å². The molecule has 0 fully saturated rings. The van der Waals surface area contributed by atoms with Gasteiger partial charge in [-0.2, -0.15) is 4.98 Å². The Morgan fingerprint density at radius 2 is 2.03 bits per heavy atom. The highest BCUT2D eigenvalue weighted by molar-refractivity contribution is 6.32. The molecule has 3 aromatic heterocycles. The van der Waals surface area contributed by atoms with E-state index < -0.39 is 12.1 Å². The van der Waals surface area contributed by atoms with Crippen LogP contribution in [0.4, 0.5) is 24.5 Å². The molecule has 0 spiro atoms. The Hall–Kier alpha value is -4.06. The molecule has 4 heterocycles. The van der Waals surface area contributed by atoms with E-state index in [2.05, 4.69) is 35.3 Å². The normalized spacial score (nSPS) is 13.3. The summed E-state index contributed by atoms with van der Waals surface area (Å²) < 4.78 is 48.6. The highest BCUT2D eigenvalue weighted by atomic mass is 35.5. The zero-order valence-electron chi connectivity index (χ0n) is 18.0. The molecule has 4 aromatic rings. The number of alkyl halides is 3. The summed E-state index contributed by atoms with van der Waals surface area (Å²) in [5.41, 5.74) is 2.83. The number of para-hydroxylation sites is 1. The van der Waals surface area contributed by atoms with Gasteiger partial charge in [0, 0.05) is 30.4 Å². The predicted molar refractivity (Wildman–Crippen MR) is 121 cm³/mol. The lowest BCUT2D eigenvalue weighted by molar-refractivity contribution is -0.274. The van der Waals surface area contributed by atoms with Crippen LogP contribution in [0.3, 0.4) is 0 Å². The third-order valence-corrected chi connectivity index (χ3v) is 5.62. The van der Waals surface area contributed by atoms with Gasteiger partial charge in [0.25, 0.3) is 5.91 Å². The molecule has 0 aliphatic carbocycles. The van der Waals surface area contributed by atoms with E-state index in [1.165, 1.54) is 37.7 Å². The highest BCUT2D eigenvalue weighted by Gasteiger charge is 2.34. The maximum atomic E-state index is 13.1. The first-order valence-corrected chi connectivity index (χ1v) is 10.6. The number of hydrogen-bond donors (Lipinski definition) is 3. The molecule has 180 valence electrons. The fourth-order valence-electron chi connectivity index (χ4n) is 3.89. The van der Waals surface area contributed by atoms with Crippen molar-refractivity contribution in [3.63, 3.8) is 0 Å². The second-order valence-electron chi connectivity index (χ2n) is 7.47. The van der Waals surface area contributed by atoms with Crippen LogP contribution in [0.25, 0.3) is 22.3 Å². The van der Waals surface area contributed by atoms with E-state index in [0.29, 0.717) is 41.0 Å². The maximum absolute atomic E-state index is 13.1. The number of fused-ring (bicyclic) bond motifs is 2. The zero-order chi connectivity index (χ0) is 24.7. The summed E-state index contributed by atoms with van der Waals surface area (Å²) in [5, 5.41) is 5.44. The molecule has 3 N–H and O–H groups in total. The number of amides is 1. The number of H-pyrrole nitrogens is 1. The fourth-order valence-corrected chi connectivity index (χ4v) is 4.10. The van der Waals surface area contributed by atoms with Gasteiger partial charge in [-0.15, -0.1) is 13.2 Å². The van der Waals surface area contributed by atoms with Crippen molar-refractivity contribution >= 4 is 39.9 Å². The number of aromatic nitrogens is 4. The van der Waals surface area contributed by atoms with E-state index in [1.54, 1.807) is 6.07 Å². The van der Waals surface area contributed by atoms with Crippen molar-refractivity contribution in [2.24, 2.45) is 0 Å². The molecule has 0 saturated carbocycles. The number of carbonyl (C=O) groups is 1. The molecular formula is C22H16ClF3N6O3. The summed E-state index contributed by atoms with van der Waals surface area (Å²) in [4.78, 5) is 28.8. The van der Waals surface area contributed by atoms with Gasteiger partial charge in [-0.05, 0) is 18.2 Å². The van der Waals surface area contributed by atoms with Gasteiger partial charge in [-0.25, -0.2) is 4.98 Å². The van der Waals surface area contributed by atoms with E-state index in [9.17, 15) is 18.0 Å². The first-order valence-electron chi connectivity index (χ1n) is 10.3. The van der Waals surface area contributed by atoms with Gasteiger partial charge in [0.1, 0.15) is 11.0 Å². The van der Waals surface area contributed by atoms with Crippen LogP contribution in [0.1, 0.15) is 16.1 Å². The molecule has 0 unspecified atom stereocenters. The molecule has 13 heteroatoms. The molecule has 35 heavy (non-hydrogen) atoms. The molecule has 0 atom stereocenters. The lowest BCUT2D eigenvalue weighted by atomic mass is 10.0. The molecule has 5 rings (SSSR count). The zero-order valence-corrected chi connectivity index (χ0v) is 18.7. The lowest BCUT2D eigenvalue weighted by Gasteiger charge is -2.18. The summed E-state index contributed by atoms with van der Waals surface area (Å²) in [5.74, 6) is -1.01. The number of nitrogens with zero attached hydrogens (tertiary/aromatic N) is 3. The van der Waals surface area contributed by atoms with Crippen LogP contribution in [0.15, 0.2) is 36.7 Å². The Bertz CT molecular complexity index is 1460. The van der Waals surface area contributed by atoms with Gasteiger partial charge in [-0.1, -0.05) is 17.7 Å². The van der Waals surface area contributed by atoms with Gasteiger partial charge >= 0.3 is 12.4 Å². The first-order chi connectivity index (χ1) is 16.7. The largest absolute Gasteiger partial charge is 0.573 e. The van der Waals surface area contributed by atoms with E-state index in [1.807, 2.05) is 0 Å². The summed E-state index contributed by atoms with van der Waals surface area (Å²) in [6, 6.07) is 5.87. The Balaban J connectivity index is 1.72. The number of ether oxygens (including phenoxy) is 2. The van der Waals surface area contributed by atoms with Crippen LogP contribution in [-0.2, 0) is 6.42 Å². The highest BCUT2D eigenvalue weighted by Crippen LogP contribution is 2.43. The SMILES string of the molecule is COc1ncc2nccc(-c3[nH]c4c(c3Nc3cccc(Cl)c3OC(F)(F)F)C(=O)NCC4)c2n1. The molecule has 1 aromatic carbocycles. The van der Waals surface area contributed by atoms with Crippen LogP contribution in [-0.4, -0.2) is 45.9 Å². The smallest absolute Gasteiger partial charge is 0.467 e. The quantitative estimate of drug-likeness (QED) is 0.363. The maximum Gasteiger partial charge on any atom is 0.573 e. The van der Waals surface area contributed by atoms with Gasteiger partial charge < -0.3 is 25.1 Å². The molecule has 0 radical (unpaired) electrons. The number of halogens is 4. The summed E-state index contributed by atoms with van der Waals surface area (Å²) in [6.07, 6.45) is -1.47. The van der Waals surface area contributed by atoms with Crippen molar-refractivity contribution in [3.05, 3.63) is 52.9 Å². The predicted octanol–water partition coefficient (Wildman–Crippen LogP) is 4.61. The molecule has 9 nitrogen and oxygen atoms in total. The standard InChI is InChI=1S/C22H16ClF3N6O3/c1-34-21-29-9-14-16(32-21)10(5-7-27-14)17-18(15-12(30-17)6-8-28-20(15)33)31-13-4-2-3-11(23)19(13)35-22(24,25)26/h2-5,7,9,30-31H,6,8H2,1H3,(H,28,33). The number of anilines is 2. The topological polar surface area (TPSA) is 114 Å². The molecule has 1 amide bonds. The van der Waals surface area contributed by atoms with Crippen molar-refractivity contribution in [2.75, 3.05) is 19.0 Å². The minimum atomic E-state index is -4.98. The van der Waals surface area contributed by atoms with Crippen molar-refractivity contribution in [3.8, 4) is 23.0 Å². The number of rotatable bonds is 5. The van der Waals surface area contributed by atoms with Crippen LogP contribution in [0.2, 0.25) is 5.02 Å². The van der Waals surface area contributed by atoms with Crippen LogP contribution < -0.4 is 20.1 Å². The number of pyridine rings is 1. The summed E-state index contributed by atoms with van der Waals surface area (Å²) in [6.45, 7) is 0.401. The minimum Gasteiger partial charge on any atom is -0.467 e. The lowest BCUT2D eigenvalue weighted by Crippen LogP contribution is -2.31. The van der Waals surface area contributed by atoms with E-state index in [4.69, 9.17) is 16.3 Å². The molecular weight excluding hydrogens is 489 g/mol. The average Bonchev–Trinajstić information content (AvgIpc) is 3.19. The summed E-state index contributed by atoms with van der Waals surface area (Å²) >= 11 is 6.02. The van der Waals surface area contributed by atoms with Crippen LogP contribution >= 0.6 is 11.6 Å². The monoisotopic (exact) mass is 504 g/mol. The number of carbonyl (C=O) groups excluding carboxylic acids is 1. The number of aromatic amines is 1. The molecule has 1 aliphatic rings. The Morgan fingerprint density at radius 1 is 1.20 bits per heavy atom. The first kappa shape index (κ1) is 22.7. The third kappa shape index (κ3) is 4.28. The molecule has 0 saturated heterocycles. The van der Waals surface area contributed by atoms with E-state index in [-0.39, 0.29) is 33.9 Å². The average molecular weight is 505 g/mol. The van der Waals surface area contributed by atoms with Crippen molar-refractivity contribution < 1.29 is 27.4 Å². The minimum absolute atomic E-state index is 0.0817. The molecule has 0 bridgehead atoms. The number of benzene rings is 1. The van der Waals surface area contributed by atoms with Crippen molar-refractivity contribution in [2.45, 2.75) is 12.8 Å². The van der Waals surface area contributed by atoms with Gasteiger partial charge in [0.05, 0.1) is 41.0 Å². The van der Waals surface area contributed by atoms with Crippen LogP contribution in [0, 0.1) is 0 Å². The van der Waals surface area contributed by atoms with Gasteiger partial charge in [0.15, 0.2) is 5.75 Å². The second kappa shape index (κ2) is 8.62. The number of methoxy groups -OCH3 is 1. The Labute approximate surface area is 200 Å². The summed E-state index contributed by atoms with van der Waals surface area (Å²) in [7, 11) is 1.42. The Morgan fingerprint density at radius 3 is 2.80 bits per heavy atom. The van der Waals surface area contributed by atoms with Crippen LogP contribution in [0.5, 0.6) is 11.8 Å². The van der Waals surface area contributed by atoms with E-state index in [0.717, 1.165) is 0 Å². The van der Waals surface area contributed by atoms with Crippen molar-refractivity contribution in [1.29, 1.82) is 0 Å². The van der Waals surface area contributed by atoms with E-state index >= 15 is 0 Å². The van der Waals surface area contributed by atoms with Crippen molar-refractivity contribution in [1.82, 2.24) is 25.3 Å². The fraction of sp³-hybridized carbons (Fsp3) is 0.182.